The average Bonchev–Trinajstić information content (AvgIpc) is 3.28. The molecule has 138 valence electrons. The smallest absolute Gasteiger partial charge is 0.322 e. The molecule has 8 heteroatoms. The number of nitrogens with zero attached hydrogens (tertiary/aromatic N) is 2. The summed E-state index contributed by atoms with van der Waals surface area (Å²) in [5.74, 6) is -1.00. The summed E-state index contributed by atoms with van der Waals surface area (Å²) in [6, 6.07) is 4.62. The Morgan fingerprint density at radius 3 is 2.81 bits per heavy atom. The van der Waals surface area contributed by atoms with Gasteiger partial charge in [0.2, 0.25) is 0 Å². The Kier molecular flexibility index (Phi) is 4.06. The van der Waals surface area contributed by atoms with Gasteiger partial charge >= 0.3 is 12.0 Å². The molecule has 0 bridgehead atoms. The summed E-state index contributed by atoms with van der Waals surface area (Å²) in [6.07, 6.45) is 2.36. The molecule has 2 atom stereocenters. The number of aliphatic carboxylic acids is 1. The Hall–Kier alpha value is -2.28. The first kappa shape index (κ1) is 17.1. The number of fused-ring (bicyclic) bond motifs is 1. The largest absolute Gasteiger partial charge is 0.481 e. The summed E-state index contributed by atoms with van der Waals surface area (Å²) >= 11 is 6.22. The maximum Gasteiger partial charge on any atom is 0.322 e. The molecule has 2 N–H and O–H groups in total. The lowest BCUT2D eigenvalue weighted by Crippen LogP contribution is -2.37. The van der Waals surface area contributed by atoms with E-state index in [1.54, 1.807) is 23.1 Å². The maximum atomic E-state index is 13.0. The van der Waals surface area contributed by atoms with Gasteiger partial charge in [0.05, 0.1) is 16.1 Å². The van der Waals surface area contributed by atoms with Gasteiger partial charge in [-0.15, -0.1) is 0 Å². The molecule has 0 spiro atoms. The highest BCUT2D eigenvalue weighted by atomic mass is 35.5. The highest BCUT2D eigenvalue weighted by molar-refractivity contribution is 6.34. The van der Waals surface area contributed by atoms with Crippen molar-refractivity contribution in [3.8, 4) is 0 Å². The first-order valence-electron chi connectivity index (χ1n) is 8.80. The van der Waals surface area contributed by atoms with Crippen molar-refractivity contribution in [1.29, 1.82) is 0 Å². The zero-order valence-electron chi connectivity index (χ0n) is 14.2. The fraction of sp³-hybridized carbons (Fsp3) is 0.500. The van der Waals surface area contributed by atoms with Crippen molar-refractivity contribution in [2.24, 2.45) is 11.3 Å². The van der Waals surface area contributed by atoms with Crippen molar-refractivity contribution < 1.29 is 19.5 Å². The number of nitrogens with one attached hydrogen (secondary N) is 1. The van der Waals surface area contributed by atoms with Gasteiger partial charge < -0.3 is 15.3 Å². The summed E-state index contributed by atoms with van der Waals surface area (Å²) < 4.78 is 0. The molecule has 1 aromatic rings. The molecule has 0 unspecified atom stereocenters. The third kappa shape index (κ3) is 2.53. The number of carboxylic acids is 1. The van der Waals surface area contributed by atoms with Crippen molar-refractivity contribution in [2.45, 2.75) is 19.3 Å². The number of halogens is 1. The third-order valence-electron chi connectivity index (χ3n) is 5.92. The predicted molar refractivity (Wildman–Crippen MR) is 95.5 cm³/mol. The summed E-state index contributed by atoms with van der Waals surface area (Å²) in [5, 5.41) is 12.8. The number of likely N-dealkylation sites (tertiary alicyclic amines) is 1. The fourth-order valence-electron chi connectivity index (χ4n) is 4.53. The van der Waals surface area contributed by atoms with Gasteiger partial charge in [-0.2, -0.15) is 0 Å². The van der Waals surface area contributed by atoms with E-state index in [-0.39, 0.29) is 24.4 Å². The molecule has 3 aliphatic rings. The Balaban J connectivity index is 1.60. The SMILES string of the molecule is O=C(c1ccc(Cl)c(N2CCNC2=O)c1)N1C[C@@H]2CCC[C@@]2(C(=O)O)C1. The van der Waals surface area contributed by atoms with Crippen LogP contribution >= 0.6 is 11.6 Å². The van der Waals surface area contributed by atoms with Crippen LogP contribution < -0.4 is 10.2 Å². The second-order valence-electron chi connectivity index (χ2n) is 7.29. The van der Waals surface area contributed by atoms with Gasteiger partial charge in [0.25, 0.3) is 5.91 Å². The molecular formula is C18H20ClN3O4. The average molecular weight is 378 g/mol. The molecule has 0 radical (unpaired) electrons. The molecular weight excluding hydrogens is 358 g/mol. The molecule has 2 heterocycles. The molecule has 3 amide bonds. The van der Waals surface area contributed by atoms with Crippen LogP contribution in [0, 0.1) is 11.3 Å². The van der Waals surface area contributed by atoms with E-state index < -0.39 is 11.4 Å². The van der Waals surface area contributed by atoms with E-state index in [1.807, 2.05) is 0 Å². The first-order valence-corrected chi connectivity index (χ1v) is 9.18. The molecule has 26 heavy (non-hydrogen) atoms. The maximum absolute atomic E-state index is 13.0. The van der Waals surface area contributed by atoms with Crippen LogP contribution in [0.1, 0.15) is 29.6 Å². The van der Waals surface area contributed by atoms with E-state index >= 15 is 0 Å². The Labute approximate surface area is 155 Å². The summed E-state index contributed by atoms with van der Waals surface area (Å²) in [6.45, 7) is 1.73. The Bertz CT molecular complexity index is 799. The van der Waals surface area contributed by atoms with Gasteiger partial charge in [0.1, 0.15) is 0 Å². The van der Waals surface area contributed by atoms with Gasteiger partial charge in [-0.25, -0.2) is 4.79 Å². The van der Waals surface area contributed by atoms with Crippen molar-refractivity contribution in [2.75, 3.05) is 31.1 Å². The molecule has 0 aromatic heterocycles. The van der Waals surface area contributed by atoms with Crippen LogP contribution in [-0.2, 0) is 4.79 Å². The third-order valence-corrected chi connectivity index (χ3v) is 6.24. The van der Waals surface area contributed by atoms with Crippen LogP contribution in [-0.4, -0.2) is 54.1 Å². The van der Waals surface area contributed by atoms with E-state index in [9.17, 15) is 19.5 Å². The predicted octanol–water partition coefficient (Wildman–Crippen LogP) is 2.20. The molecule has 1 aliphatic carbocycles. The minimum Gasteiger partial charge on any atom is -0.481 e. The van der Waals surface area contributed by atoms with Gasteiger partial charge in [0.15, 0.2) is 0 Å². The normalized spacial score (nSPS) is 27.6. The standard InChI is InChI=1S/C18H20ClN3O4/c19-13-4-3-11(8-14(13)22-7-6-20-17(22)26)15(23)21-9-12-2-1-5-18(12,10-21)16(24)25/h3-4,8,12H,1-2,5-7,9-10H2,(H,20,26)(H,24,25)/t12-,18+/m0/s1. The van der Waals surface area contributed by atoms with Crippen LogP contribution in [0.15, 0.2) is 18.2 Å². The topological polar surface area (TPSA) is 90.0 Å². The number of carbonyl (C=O) groups is 3. The lowest BCUT2D eigenvalue weighted by atomic mass is 9.81. The van der Waals surface area contributed by atoms with Gasteiger partial charge in [-0.3, -0.25) is 14.5 Å². The van der Waals surface area contributed by atoms with Gasteiger partial charge in [-0.05, 0) is 37.0 Å². The lowest BCUT2D eigenvalue weighted by molar-refractivity contribution is -0.149. The molecule has 4 rings (SSSR count). The van der Waals surface area contributed by atoms with E-state index in [4.69, 9.17) is 11.6 Å². The second kappa shape index (κ2) is 6.16. The monoisotopic (exact) mass is 377 g/mol. The highest BCUT2D eigenvalue weighted by Gasteiger charge is 2.55. The van der Waals surface area contributed by atoms with Crippen molar-refractivity contribution in [1.82, 2.24) is 10.2 Å². The molecule has 2 aliphatic heterocycles. The van der Waals surface area contributed by atoms with E-state index in [0.29, 0.717) is 42.3 Å². The van der Waals surface area contributed by atoms with E-state index in [1.165, 1.54) is 4.90 Å². The van der Waals surface area contributed by atoms with E-state index in [2.05, 4.69) is 5.32 Å². The molecule has 7 nitrogen and oxygen atoms in total. The Morgan fingerprint density at radius 1 is 1.35 bits per heavy atom. The quantitative estimate of drug-likeness (QED) is 0.844. The zero-order chi connectivity index (χ0) is 18.5. The zero-order valence-corrected chi connectivity index (χ0v) is 15.0. The molecule has 1 saturated carbocycles. The van der Waals surface area contributed by atoms with Crippen molar-refractivity contribution >= 4 is 35.2 Å². The first-order chi connectivity index (χ1) is 12.4. The summed E-state index contributed by atoms with van der Waals surface area (Å²) in [5.41, 5.74) is 0.115. The van der Waals surface area contributed by atoms with Crippen LogP contribution in [0.3, 0.4) is 0 Å². The number of amides is 3. The van der Waals surface area contributed by atoms with Crippen molar-refractivity contribution in [3.05, 3.63) is 28.8 Å². The minimum atomic E-state index is -0.806. The number of anilines is 1. The summed E-state index contributed by atoms with van der Waals surface area (Å²) in [4.78, 5) is 39.8. The Morgan fingerprint density at radius 2 is 2.15 bits per heavy atom. The number of carbonyl (C=O) groups excluding carboxylic acids is 2. The lowest BCUT2D eigenvalue weighted by Gasteiger charge is -2.23. The number of rotatable bonds is 3. The number of hydrogen-bond acceptors (Lipinski definition) is 3. The fourth-order valence-corrected chi connectivity index (χ4v) is 4.75. The number of hydrogen-bond donors (Lipinski definition) is 2. The minimum absolute atomic E-state index is 0.0140. The molecule has 3 fully saturated rings. The van der Waals surface area contributed by atoms with Crippen LogP contribution in [0.5, 0.6) is 0 Å². The van der Waals surface area contributed by atoms with Crippen molar-refractivity contribution in [3.63, 3.8) is 0 Å². The number of benzene rings is 1. The number of carboxylic acid groups (broad SMARTS) is 1. The molecule has 1 aromatic carbocycles. The van der Waals surface area contributed by atoms with Crippen LogP contribution in [0.25, 0.3) is 0 Å². The van der Waals surface area contributed by atoms with E-state index in [0.717, 1.165) is 12.8 Å². The van der Waals surface area contributed by atoms with Crippen LogP contribution in [0.2, 0.25) is 5.02 Å². The summed E-state index contributed by atoms with van der Waals surface area (Å²) in [7, 11) is 0. The second-order valence-corrected chi connectivity index (χ2v) is 7.69. The van der Waals surface area contributed by atoms with Gasteiger partial charge in [-0.1, -0.05) is 18.0 Å². The van der Waals surface area contributed by atoms with Gasteiger partial charge in [0, 0.05) is 31.7 Å². The van der Waals surface area contributed by atoms with Crippen LogP contribution in [0.4, 0.5) is 10.5 Å². The highest BCUT2D eigenvalue weighted by Crippen LogP contribution is 2.49. The molecule has 2 saturated heterocycles. The number of urea groups is 1.